The second kappa shape index (κ2) is 9.02. The van der Waals surface area contributed by atoms with E-state index in [1.807, 2.05) is 0 Å². The fraction of sp³-hybridized carbons (Fsp3) is 0.462. The number of hydrogen-bond acceptors (Lipinski definition) is 10. The highest BCUT2D eigenvalue weighted by atomic mass is 16.3. The summed E-state index contributed by atoms with van der Waals surface area (Å²) >= 11 is 0. The molecule has 1 aromatic rings. The summed E-state index contributed by atoms with van der Waals surface area (Å²) in [7, 11) is 6.40. The summed E-state index contributed by atoms with van der Waals surface area (Å²) in [6, 6.07) is 1.71. The maximum atomic E-state index is 13.8. The Bertz CT molecular complexity index is 1340. The minimum absolute atomic E-state index is 0.0254. The van der Waals surface area contributed by atoms with Crippen LogP contribution in [0.5, 0.6) is 5.75 Å². The molecule has 4 atom stereocenters. The van der Waals surface area contributed by atoms with E-state index in [-0.39, 0.29) is 53.1 Å². The molecule has 0 aromatic heterocycles. The lowest BCUT2D eigenvalue weighted by Crippen LogP contribution is -2.65. The number of carbonyl (C=O) groups is 4. The minimum Gasteiger partial charge on any atom is -0.508 e. The monoisotopic (exact) mass is 529 g/mol. The van der Waals surface area contributed by atoms with Gasteiger partial charge in [-0.25, -0.2) is 4.59 Å². The van der Waals surface area contributed by atoms with Crippen molar-refractivity contribution >= 4 is 29.0 Å². The number of primary amides is 1. The standard InChI is InChI=1S/C26H32N4O8/c1-29(2)20-15-9-12-8-14-11(7-13(31)10-30(3,4)28)5-6-16(32)18(14)21(33)17(12)23(35)26(15,38)24(36)19(22(20)34)25(27)37/h5-6,12,15,20,38H,7-10,28H2,1-4H3,(H4-,27,32,33,34,35,36,37)/p+1/t12-,15-,20-,26-/m0/s1. The lowest BCUT2D eigenvalue weighted by Gasteiger charge is -2.50. The largest absolute Gasteiger partial charge is 0.508 e. The highest BCUT2D eigenvalue weighted by molar-refractivity contribution is 6.24. The topological polar surface area (TPSA) is 204 Å². The van der Waals surface area contributed by atoms with Crippen LogP contribution in [-0.2, 0) is 32.0 Å². The second-order valence-corrected chi connectivity index (χ2v) is 11.2. The number of Topliss-reactive ketones (excluding diaryl/α,β-unsaturated/α-hetero) is 3. The number of phenolic OH excluding ortho intramolecular Hbond substituents is 1. The first-order valence-corrected chi connectivity index (χ1v) is 12.1. The molecule has 12 heteroatoms. The lowest BCUT2D eigenvalue weighted by atomic mass is 9.57. The van der Waals surface area contributed by atoms with E-state index in [9.17, 15) is 39.6 Å². The third-order valence-electron chi connectivity index (χ3n) is 7.67. The van der Waals surface area contributed by atoms with E-state index in [0.29, 0.717) is 11.1 Å². The number of carbonyl (C=O) groups excluding carboxylic acids is 4. The molecule has 8 N–H and O–H groups in total. The highest BCUT2D eigenvalue weighted by Gasteiger charge is 2.64. The first kappa shape index (κ1) is 27.5. The van der Waals surface area contributed by atoms with Crippen molar-refractivity contribution in [2.45, 2.75) is 30.9 Å². The van der Waals surface area contributed by atoms with Crippen molar-refractivity contribution in [3.63, 3.8) is 0 Å². The first-order chi connectivity index (χ1) is 17.5. The summed E-state index contributed by atoms with van der Waals surface area (Å²) in [5, 5.41) is 44.4. The number of ketones is 3. The van der Waals surface area contributed by atoms with Crippen LogP contribution in [0.3, 0.4) is 0 Å². The van der Waals surface area contributed by atoms with E-state index in [0.717, 1.165) is 0 Å². The van der Waals surface area contributed by atoms with E-state index >= 15 is 0 Å². The van der Waals surface area contributed by atoms with Gasteiger partial charge in [-0.2, -0.15) is 5.84 Å². The Morgan fingerprint density at radius 1 is 1.16 bits per heavy atom. The average molecular weight is 530 g/mol. The van der Waals surface area contributed by atoms with Crippen LogP contribution in [-0.4, -0.2) is 99.6 Å². The van der Waals surface area contributed by atoms with Gasteiger partial charge in [0.2, 0.25) is 5.78 Å². The molecule has 1 fully saturated rings. The quantitative estimate of drug-likeness (QED) is 0.115. The average Bonchev–Trinajstić information content (AvgIpc) is 2.76. The van der Waals surface area contributed by atoms with Crippen LogP contribution in [0.15, 0.2) is 29.0 Å². The van der Waals surface area contributed by atoms with Crippen LogP contribution in [0.25, 0.3) is 5.76 Å². The van der Waals surface area contributed by atoms with Gasteiger partial charge < -0.3 is 26.2 Å². The maximum absolute atomic E-state index is 13.8. The number of quaternary nitrogens is 1. The van der Waals surface area contributed by atoms with Gasteiger partial charge in [0.1, 0.15) is 22.8 Å². The molecule has 0 aliphatic heterocycles. The van der Waals surface area contributed by atoms with Crippen LogP contribution in [0.1, 0.15) is 23.1 Å². The summed E-state index contributed by atoms with van der Waals surface area (Å²) in [6.45, 7) is 0.0418. The van der Waals surface area contributed by atoms with Gasteiger partial charge in [-0.1, -0.05) is 6.07 Å². The van der Waals surface area contributed by atoms with E-state index < -0.39 is 58.0 Å². The van der Waals surface area contributed by atoms with Crippen LogP contribution >= 0.6 is 0 Å². The van der Waals surface area contributed by atoms with Gasteiger partial charge in [-0.3, -0.25) is 24.1 Å². The number of aliphatic hydroxyl groups excluding tert-OH is 2. The minimum atomic E-state index is -2.70. The molecule has 1 saturated carbocycles. The number of aliphatic hydroxyl groups is 3. The van der Waals surface area contributed by atoms with Gasteiger partial charge in [0.05, 0.1) is 25.7 Å². The van der Waals surface area contributed by atoms with Crippen molar-refractivity contribution in [3.8, 4) is 5.75 Å². The molecule has 3 aliphatic carbocycles. The van der Waals surface area contributed by atoms with Crippen molar-refractivity contribution < 1.29 is 44.2 Å². The Balaban J connectivity index is 1.88. The summed E-state index contributed by atoms with van der Waals surface area (Å²) in [4.78, 5) is 53.2. The molecule has 1 aromatic carbocycles. The van der Waals surface area contributed by atoms with Crippen LogP contribution < -0.4 is 11.6 Å². The normalized spacial score (nSPS) is 27.3. The van der Waals surface area contributed by atoms with E-state index in [4.69, 9.17) is 11.6 Å². The number of hydrogen-bond donors (Lipinski definition) is 6. The first-order valence-electron chi connectivity index (χ1n) is 12.1. The van der Waals surface area contributed by atoms with E-state index in [2.05, 4.69) is 0 Å². The fourth-order valence-electron chi connectivity index (χ4n) is 6.20. The molecule has 0 bridgehead atoms. The van der Waals surface area contributed by atoms with Gasteiger partial charge in [-0.15, -0.1) is 0 Å². The Morgan fingerprint density at radius 3 is 2.34 bits per heavy atom. The number of nitrogens with two attached hydrogens (primary N) is 2. The second-order valence-electron chi connectivity index (χ2n) is 11.2. The summed E-state index contributed by atoms with van der Waals surface area (Å²) in [5.41, 5.74) is 2.48. The van der Waals surface area contributed by atoms with Gasteiger partial charge >= 0.3 is 0 Å². The molecule has 38 heavy (non-hydrogen) atoms. The Labute approximate surface area is 219 Å². The number of fused-ring (bicyclic) bond motifs is 3. The van der Waals surface area contributed by atoms with E-state index in [1.165, 1.54) is 25.1 Å². The molecule has 3 aliphatic rings. The number of rotatable bonds is 6. The van der Waals surface area contributed by atoms with Crippen molar-refractivity contribution in [2.75, 3.05) is 34.7 Å². The third kappa shape index (κ3) is 4.09. The van der Waals surface area contributed by atoms with Gasteiger partial charge in [0, 0.05) is 17.9 Å². The summed E-state index contributed by atoms with van der Waals surface area (Å²) < 4.78 is -0.0734. The van der Waals surface area contributed by atoms with Crippen molar-refractivity contribution in [3.05, 3.63) is 45.7 Å². The zero-order valence-electron chi connectivity index (χ0n) is 21.7. The predicted molar refractivity (Wildman–Crippen MR) is 134 cm³/mol. The molecule has 1 amide bonds. The molecule has 0 saturated heterocycles. The number of aromatic hydroxyl groups is 1. The molecule has 0 radical (unpaired) electrons. The van der Waals surface area contributed by atoms with Gasteiger partial charge in [0.15, 0.2) is 23.7 Å². The van der Waals surface area contributed by atoms with Crippen LogP contribution in [0.2, 0.25) is 0 Å². The molecule has 0 spiro atoms. The number of benzene rings is 1. The van der Waals surface area contributed by atoms with E-state index in [1.54, 1.807) is 20.2 Å². The lowest BCUT2D eigenvalue weighted by molar-refractivity contribution is -0.894. The smallest absolute Gasteiger partial charge is 0.255 e. The van der Waals surface area contributed by atoms with Crippen molar-refractivity contribution in [2.24, 2.45) is 23.4 Å². The predicted octanol–water partition coefficient (Wildman–Crippen LogP) is -0.974. The highest BCUT2D eigenvalue weighted by Crippen LogP contribution is 2.52. The Morgan fingerprint density at radius 2 is 1.79 bits per heavy atom. The zero-order valence-corrected chi connectivity index (χ0v) is 21.7. The third-order valence-corrected chi connectivity index (χ3v) is 7.67. The molecule has 0 heterocycles. The Hall–Kier alpha value is -3.58. The van der Waals surface area contributed by atoms with Crippen LogP contribution in [0, 0.1) is 11.8 Å². The zero-order chi connectivity index (χ0) is 28.5. The van der Waals surface area contributed by atoms with Crippen molar-refractivity contribution in [1.29, 1.82) is 0 Å². The molecular weight excluding hydrogens is 496 g/mol. The molecule has 0 unspecified atom stereocenters. The fourth-order valence-corrected chi connectivity index (χ4v) is 6.20. The number of phenols is 1. The van der Waals surface area contributed by atoms with Crippen molar-refractivity contribution in [1.82, 2.24) is 4.90 Å². The Kier molecular flexibility index (Phi) is 6.51. The molecule has 12 nitrogen and oxygen atoms in total. The SMILES string of the molecule is CN(C)[C@@H]1C(=O)C(C(N)=O)=C(O)[C@@]2(O)C(=O)C3=C(O)c4c(O)ccc(CC(=O)C[N+](C)(C)N)c4C[C@H]3C[C@@H]12. The van der Waals surface area contributed by atoms with Gasteiger partial charge in [-0.05, 0) is 50.0 Å². The number of amides is 1. The number of nitrogens with zero attached hydrogens (tertiary/aromatic N) is 2. The molecule has 204 valence electrons. The molecular formula is C26H33N4O8+. The maximum Gasteiger partial charge on any atom is 0.255 e. The van der Waals surface area contributed by atoms with Crippen LogP contribution in [0.4, 0.5) is 0 Å². The van der Waals surface area contributed by atoms with Gasteiger partial charge in [0.25, 0.3) is 5.91 Å². The summed E-state index contributed by atoms with van der Waals surface area (Å²) in [6.07, 6.45) is 0.0659. The molecule has 4 rings (SSSR count). The summed E-state index contributed by atoms with van der Waals surface area (Å²) in [5.74, 6) is -1.39. The number of likely N-dealkylation sites (N-methyl/N-ethyl adjacent to an activating group) is 2.